The second-order valence-electron chi connectivity index (χ2n) is 7.14. The summed E-state index contributed by atoms with van der Waals surface area (Å²) in [5, 5.41) is 3.56. The SMILES string of the molecule is Cc1sc(N2CCNC2=O)nc1-c1ccc2c(c1)CCN2C(=O)C1CC1. The molecular weight excluding hydrogens is 348 g/mol. The normalized spacial score (nSPS) is 19.0. The average Bonchev–Trinajstić information content (AvgIpc) is 3.08. The van der Waals surface area contributed by atoms with Gasteiger partial charge in [-0.3, -0.25) is 9.69 Å². The number of aromatic nitrogens is 1. The lowest BCUT2D eigenvalue weighted by molar-refractivity contribution is -0.119. The number of aryl methyl sites for hydroxylation is 1. The zero-order valence-electron chi connectivity index (χ0n) is 14.6. The van der Waals surface area contributed by atoms with Crippen LogP contribution in [0.2, 0.25) is 0 Å². The van der Waals surface area contributed by atoms with Crippen LogP contribution in [0.25, 0.3) is 11.3 Å². The fraction of sp³-hybridized carbons (Fsp3) is 0.421. The van der Waals surface area contributed by atoms with Crippen LogP contribution in [0.1, 0.15) is 23.3 Å². The summed E-state index contributed by atoms with van der Waals surface area (Å²) >= 11 is 1.55. The molecule has 2 aliphatic heterocycles. The monoisotopic (exact) mass is 368 g/mol. The highest BCUT2D eigenvalue weighted by molar-refractivity contribution is 7.16. The molecule has 0 atom stereocenters. The molecule has 0 unspecified atom stereocenters. The van der Waals surface area contributed by atoms with Crippen LogP contribution in [0.15, 0.2) is 18.2 Å². The van der Waals surface area contributed by atoms with Crippen LogP contribution in [-0.4, -0.2) is 36.6 Å². The fourth-order valence-corrected chi connectivity index (χ4v) is 4.70. The highest BCUT2D eigenvalue weighted by atomic mass is 32.1. The molecule has 2 fully saturated rings. The van der Waals surface area contributed by atoms with Gasteiger partial charge in [0.1, 0.15) is 0 Å². The third-order valence-electron chi connectivity index (χ3n) is 5.31. The molecule has 5 rings (SSSR count). The van der Waals surface area contributed by atoms with Crippen molar-refractivity contribution in [2.24, 2.45) is 5.92 Å². The van der Waals surface area contributed by atoms with Gasteiger partial charge in [0.2, 0.25) is 5.91 Å². The van der Waals surface area contributed by atoms with Gasteiger partial charge in [0.15, 0.2) is 5.13 Å². The molecule has 7 heteroatoms. The number of hydrogen-bond acceptors (Lipinski definition) is 4. The van der Waals surface area contributed by atoms with Gasteiger partial charge < -0.3 is 10.2 Å². The quantitative estimate of drug-likeness (QED) is 0.906. The zero-order valence-corrected chi connectivity index (χ0v) is 15.4. The van der Waals surface area contributed by atoms with E-state index in [1.807, 2.05) is 17.9 Å². The Labute approximate surface area is 155 Å². The third-order valence-corrected chi connectivity index (χ3v) is 6.31. The van der Waals surface area contributed by atoms with E-state index >= 15 is 0 Å². The van der Waals surface area contributed by atoms with E-state index in [9.17, 15) is 9.59 Å². The molecule has 1 saturated heterocycles. The van der Waals surface area contributed by atoms with Crippen molar-refractivity contribution < 1.29 is 9.59 Å². The number of thiazole rings is 1. The molecule has 1 N–H and O–H groups in total. The van der Waals surface area contributed by atoms with Crippen molar-refractivity contribution in [1.29, 1.82) is 0 Å². The van der Waals surface area contributed by atoms with Crippen molar-refractivity contribution in [3.63, 3.8) is 0 Å². The lowest BCUT2D eigenvalue weighted by atomic mass is 10.1. The van der Waals surface area contributed by atoms with Crippen molar-refractivity contribution in [1.82, 2.24) is 10.3 Å². The van der Waals surface area contributed by atoms with Crippen LogP contribution in [0.4, 0.5) is 15.6 Å². The number of amides is 3. The first kappa shape index (κ1) is 15.8. The van der Waals surface area contributed by atoms with E-state index in [0.717, 1.165) is 52.8 Å². The summed E-state index contributed by atoms with van der Waals surface area (Å²) in [6.07, 6.45) is 2.97. The maximum atomic E-state index is 12.4. The molecule has 3 amide bonds. The first-order chi connectivity index (χ1) is 12.6. The smallest absolute Gasteiger partial charge is 0.323 e. The molecule has 1 saturated carbocycles. The van der Waals surface area contributed by atoms with Crippen LogP contribution in [-0.2, 0) is 11.2 Å². The summed E-state index contributed by atoms with van der Waals surface area (Å²) in [5.74, 6) is 0.527. The number of urea groups is 1. The van der Waals surface area contributed by atoms with Crippen LogP contribution in [0.3, 0.4) is 0 Å². The Morgan fingerprint density at radius 2 is 2.15 bits per heavy atom. The first-order valence-electron chi connectivity index (χ1n) is 9.09. The molecule has 134 valence electrons. The minimum Gasteiger partial charge on any atom is -0.336 e. The van der Waals surface area contributed by atoms with Crippen molar-refractivity contribution in [3.05, 3.63) is 28.6 Å². The summed E-state index contributed by atoms with van der Waals surface area (Å²) in [6.45, 7) is 4.15. The Hall–Kier alpha value is -2.41. The van der Waals surface area contributed by atoms with Crippen LogP contribution in [0, 0.1) is 12.8 Å². The summed E-state index contributed by atoms with van der Waals surface area (Å²) in [7, 11) is 0. The van der Waals surface area contributed by atoms with Gasteiger partial charge >= 0.3 is 6.03 Å². The molecule has 1 aromatic heterocycles. The molecular formula is C19H20N4O2S. The van der Waals surface area contributed by atoms with Crippen molar-refractivity contribution in [2.45, 2.75) is 26.2 Å². The van der Waals surface area contributed by atoms with E-state index in [1.165, 1.54) is 5.56 Å². The molecule has 1 aromatic carbocycles. The fourth-order valence-electron chi connectivity index (χ4n) is 3.75. The minimum atomic E-state index is -0.0755. The van der Waals surface area contributed by atoms with Crippen molar-refractivity contribution in [2.75, 3.05) is 29.4 Å². The standard InChI is InChI=1S/C19H20N4O2S/c1-11-16(21-19(26-11)23-9-7-20-18(23)25)14-4-5-15-13(10-14)6-8-22(15)17(24)12-2-3-12/h4-5,10,12H,2-3,6-9H2,1H3,(H,20,25). The predicted molar refractivity (Wildman–Crippen MR) is 102 cm³/mol. The predicted octanol–water partition coefficient (Wildman–Crippen LogP) is 2.95. The first-order valence-corrected chi connectivity index (χ1v) is 9.91. The van der Waals surface area contributed by atoms with Crippen LogP contribution >= 0.6 is 11.3 Å². The van der Waals surface area contributed by atoms with E-state index in [0.29, 0.717) is 13.1 Å². The highest BCUT2D eigenvalue weighted by Crippen LogP contribution is 2.39. The number of hydrogen-bond donors (Lipinski definition) is 1. The summed E-state index contributed by atoms with van der Waals surface area (Å²) < 4.78 is 0. The van der Waals surface area contributed by atoms with Crippen LogP contribution < -0.4 is 15.1 Å². The average molecular weight is 368 g/mol. The number of nitrogens with zero attached hydrogens (tertiary/aromatic N) is 3. The second kappa shape index (κ2) is 5.81. The summed E-state index contributed by atoms with van der Waals surface area (Å²) in [5.41, 5.74) is 4.26. The zero-order chi connectivity index (χ0) is 17.8. The molecule has 6 nitrogen and oxygen atoms in total. The van der Waals surface area contributed by atoms with Gasteiger partial charge in [0.25, 0.3) is 0 Å². The Morgan fingerprint density at radius 3 is 2.88 bits per heavy atom. The summed E-state index contributed by atoms with van der Waals surface area (Å²) in [4.78, 5) is 33.8. The Bertz CT molecular complexity index is 918. The van der Waals surface area contributed by atoms with Gasteiger partial charge in [-0.2, -0.15) is 0 Å². The van der Waals surface area contributed by atoms with Gasteiger partial charge in [0, 0.05) is 41.7 Å². The number of nitrogens with one attached hydrogen (secondary N) is 1. The molecule has 0 radical (unpaired) electrons. The molecule has 26 heavy (non-hydrogen) atoms. The molecule has 3 aliphatic rings. The third kappa shape index (κ3) is 2.49. The van der Waals surface area contributed by atoms with E-state index in [1.54, 1.807) is 16.2 Å². The van der Waals surface area contributed by atoms with Gasteiger partial charge in [-0.1, -0.05) is 6.07 Å². The van der Waals surface area contributed by atoms with Crippen molar-refractivity contribution in [3.8, 4) is 11.3 Å². The Balaban J connectivity index is 1.45. The van der Waals surface area contributed by atoms with E-state index < -0.39 is 0 Å². The number of benzene rings is 1. The van der Waals surface area contributed by atoms with Gasteiger partial charge in [-0.25, -0.2) is 9.78 Å². The van der Waals surface area contributed by atoms with E-state index in [4.69, 9.17) is 4.98 Å². The van der Waals surface area contributed by atoms with Gasteiger partial charge in [-0.05, 0) is 43.9 Å². The highest BCUT2D eigenvalue weighted by Gasteiger charge is 2.36. The number of anilines is 2. The molecule has 0 spiro atoms. The Kier molecular flexibility index (Phi) is 3.53. The summed E-state index contributed by atoms with van der Waals surface area (Å²) in [6, 6.07) is 6.19. The van der Waals surface area contributed by atoms with E-state index in [-0.39, 0.29) is 17.9 Å². The van der Waals surface area contributed by atoms with E-state index in [2.05, 4.69) is 17.4 Å². The Morgan fingerprint density at radius 1 is 1.31 bits per heavy atom. The molecule has 3 heterocycles. The molecule has 2 aromatic rings. The van der Waals surface area contributed by atoms with Gasteiger partial charge in [0.05, 0.1) is 5.69 Å². The maximum absolute atomic E-state index is 12.4. The lowest BCUT2D eigenvalue weighted by Gasteiger charge is -2.17. The molecule has 1 aliphatic carbocycles. The second-order valence-corrected chi connectivity index (χ2v) is 8.32. The number of carbonyl (C=O) groups excluding carboxylic acids is 2. The van der Waals surface area contributed by atoms with Gasteiger partial charge in [-0.15, -0.1) is 11.3 Å². The number of fused-ring (bicyclic) bond motifs is 1. The maximum Gasteiger partial charge on any atom is 0.323 e. The van der Waals surface area contributed by atoms with Crippen molar-refractivity contribution >= 4 is 34.1 Å². The number of rotatable bonds is 3. The number of carbonyl (C=O) groups is 2. The topological polar surface area (TPSA) is 65.5 Å². The molecule has 0 bridgehead atoms. The largest absolute Gasteiger partial charge is 0.336 e. The van der Waals surface area contributed by atoms with Crippen LogP contribution in [0.5, 0.6) is 0 Å². The minimum absolute atomic E-state index is 0.0755. The lowest BCUT2D eigenvalue weighted by Crippen LogP contribution is -2.30.